The highest BCUT2D eigenvalue weighted by atomic mass is 19.4. The smallest absolute Gasteiger partial charge is 0.274 e. The van der Waals surface area contributed by atoms with Gasteiger partial charge in [0.25, 0.3) is 5.91 Å². The molecule has 0 aliphatic heterocycles. The molecule has 0 aromatic heterocycles. The van der Waals surface area contributed by atoms with E-state index < -0.39 is 28.8 Å². The van der Waals surface area contributed by atoms with Crippen LogP contribution in [0, 0.1) is 6.92 Å². The Morgan fingerprint density at radius 1 is 1.30 bits per heavy atom. The van der Waals surface area contributed by atoms with Gasteiger partial charge >= 0.3 is 6.18 Å². The number of hydrogen-bond donors (Lipinski definition) is 2. The molecule has 0 saturated heterocycles. The molecule has 1 amide bonds. The number of nitrogens with zero attached hydrogens (tertiary/aromatic N) is 2. The molecule has 0 fully saturated rings. The highest BCUT2D eigenvalue weighted by Gasteiger charge is 2.40. The number of alkyl halides is 3. The number of hydrazine groups is 1. The summed E-state index contributed by atoms with van der Waals surface area (Å²) in [5.74, 6) is -0.294. The summed E-state index contributed by atoms with van der Waals surface area (Å²) in [6, 6.07) is 3.69. The fourth-order valence-electron chi connectivity index (χ4n) is 2.91. The number of hydroxylamine groups is 1. The van der Waals surface area contributed by atoms with Crippen LogP contribution in [0.1, 0.15) is 62.0 Å². The third-order valence-corrected chi connectivity index (χ3v) is 4.83. The lowest BCUT2D eigenvalue weighted by atomic mass is 9.95. The Hall–Kier alpha value is -2.39. The average Bonchev–Trinajstić information content (AvgIpc) is 2.70. The maximum absolute atomic E-state index is 13.6. The lowest BCUT2D eigenvalue weighted by molar-refractivity contribution is -0.138. The van der Waals surface area contributed by atoms with E-state index in [1.165, 1.54) is 26.1 Å². The minimum absolute atomic E-state index is 0.233. The van der Waals surface area contributed by atoms with E-state index in [9.17, 15) is 18.0 Å². The van der Waals surface area contributed by atoms with Gasteiger partial charge in [-0.2, -0.15) is 13.2 Å². The Morgan fingerprint density at radius 2 is 1.93 bits per heavy atom. The van der Waals surface area contributed by atoms with Crippen molar-refractivity contribution in [2.75, 3.05) is 14.1 Å². The van der Waals surface area contributed by atoms with E-state index in [0.29, 0.717) is 24.4 Å². The van der Waals surface area contributed by atoms with E-state index in [2.05, 4.69) is 15.9 Å². The molecule has 1 atom stereocenters. The van der Waals surface area contributed by atoms with Gasteiger partial charge in [0.05, 0.1) is 16.8 Å². The zero-order chi connectivity index (χ0) is 23.1. The van der Waals surface area contributed by atoms with Gasteiger partial charge in [0, 0.05) is 14.1 Å². The molecule has 1 rings (SSSR count). The Morgan fingerprint density at radius 3 is 2.40 bits per heavy atom. The number of amidine groups is 1. The number of halogens is 3. The minimum Gasteiger partial charge on any atom is -0.274 e. The molecule has 0 bridgehead atoms. The molecule has 1 aromatic carbocycles. The van der Waals surface area contributed by atoms with Crippen molar-refractivity contribution in [2.24, 2.45) is 4.99 Å². The lowest BCUT2D eigenvalue weighted by Gasteiger charge is -2.37. The predicted octanol–water partition coefficient (Wildman–Crippen LogP) is 4.62. The van der Waals surface area contributed by atoms with Crippen LogP contribution in [0.25, 0.3) is 0 Å². The number of aliphatic imine (C=N–C) groups is 1. The number of benzene rings is 1. The number of allylic oxidation sites excluding steroid dienone is 1. The van der Waals surface area contributed by atoms with Crippen LogP contribution >= 0.6 is 0 Å². The molecule has 0 aliphatic carbocycles. The first kappa shape index (κ1) is 25.6. The standard InChI is InChI=1S/C21H31F3N4O2/c1-8-11-17(20(5,9-2)30-27-15(4)25-6)28(26-7)19(29)18-14(3)12-10-13-16(18)21(22,23)24/h10-13,26H,8-9H2,1-7H3,(H,25,27)/b17-11+. The van der Waals surface area contributed by atoms with Gasteiger partial charge in [-0.25, -0.2) is 10.4 Å². The molecule has 30 heavy (non-hydrogen) atoms. The summed E-state index contributed by atoms with van der Waals surface area (Å²) >= 11 is 0. The SMILES string of the molecule is CC/C=C(/N(NC)C(=O)c1c(C)cccc1C(F)(F)F)C(C)(CC)ONC(C)=NC. The Balaban J connectivity index is 3.53. The van der Waals surface area contributed by atoms with Gasteiger partial charge in [0.1, 0.15) is 11.4 Å². The number of nitrogens with one attached hydrogen (secondary N) is 2. The summed E-state index contributed by atoms with van der Waals surface area (Å²) in [6.45, 7) is 8.68. The van der Waals surface area contributed by atoms with E-state index in [1.54, 1.807) is 27.0 Å². The molecule has 2 N–H and O–H groups in total. The summed E-state index contributed by atoms with van der Waals surface area (Å²) < 4.78 is 40.8. The lowest BCUT2D eigenvalue weighted by Crippen LogP contribution is -2.50. The van der Waals surface area contributed by atoms with Crippen LogP contribution in [-0.2, 0) is 11.0 Å². The van der Waals surface area contributed by atoms with Crippen LogP contribution < -0.4 is 10.9 Å². The van der Waals surface area contributed by atoms with Crippen LogP contribution in [0.2, 0.25) is 0 Å². The van der Waals surface area contributed by atoms with Crippen molar-refractivity contribution in [1.29, 1.82) is 0 Å². The normalized spacial score (nSPS) is 15.0. The molecule has 6 nitrogen and oxygen atoms in total. The Labute approximate surface area is 176 Å². The van der Waals surface area contributed by atoms with Crippen LogP contribution in [0.3, 0.4) is 0 Å². The zero-order valence-electron chi connectivity index (χ0n) is 18.6. The molecule has 0 heterocycles. The zero-order valence-corrected chi connectivity index (χ0v) is 18.6. The minimum atomic E-state index is -4.66. The van der Waals surface area contributed by atoms with Crippen LogP contribution in [-0.4, -0.2) is 36.4 Å². The average molecular weight is 428 g/mol. The van der Waals surface area contributed by atoms with Crippen molar-refractivity contribution in [3.63, 3.8) is 0 Å². The quantitative estimate of drug-likeness (QED) is 0.360. The first-order valence-corrected chi connectivity index (χ1v) is 9.73. The van der Waals surface area contributed by atoms with Gasteiger partial charge in [-0.1, -0.05) is 32.1 Å². The Kier molecular flexibility index (Phi) is 9.05. The second kappa shape index (κ2) is 10.6. The number of carbonyl (C=O) groups excluding carboxylic acids is 1. The van der Waals surface area contributed by atoms with Gasteiger partial charge in [-0.05, 0) is 45.2 Å². The highest BCUT2D eigenvalue weighted by molar-refractivity contribution is 5.98. The number of carbonyl (C=O) groups is 1. The van der Waals surface area contributed by atoms with Gasteiger partial charge in [0.15, 0.2) is 0 Å². The maximum atomic E-state index is 13.6. The van der Waals surface area contributed by atoms with E-state index in [-0.39, 0.29) is 5.56 Å². The van der Waals surface area contributed by atoms with Gasteiger partial charge in [-0.3, -0.25) is 20.1 Å². The molecule has 0 aliphatic rings. The second-order valence-electron chi connectivity index (χ2n) is 6.95. The van der Waals surface area contributed by atoms with Gasteiger partial charge in [-0.15, -0.1) is 0 Å². The second-order valence-corrected chi connectivity index (χ2v) is 6.95. The number of aryl methyl sites for hydroxylation is 1. The number of amides is 1. The molecule has 1 unspecified atom stereocenters. The highest BCUT2D eigenvalue weighted by Crippen LogP contribution is 2.35. The largest absolute Gasteiger partial charge is 0.417 e. The van der Waals surface area contributed by atoms with E-state index in [4.69, 9.17) is 4.84 Å². The summed E-state index contributed by atoms with van der Waals surface area (Å²) in [4.78, 5) is 23.2. The summed E-state index contributed by atoms with van der Waals surface area (Å²) in [7, 11) is 3.08. The number of rotatable bonds is 8. The van der Waals surface area contributed by atoms with Crippen LogP contribution in [0.4, 0.5) is 13.2 Å². The van der Waals surface area contributed by atoms with Crippen LogP contribution in [0.5, 0.6) is 0 Å². The molecule has 0 spiro atoms. The first-order chi connectivity index (χ1) is 14.0. The third-order valence-electron chi connectivity index (χ3n) is 4.83. The van der Waals surface area contributed by atoms with Gasteiger partial charge < -0.3 is 0 Å². The molecule has 0 radical (unpaired) electrons. The van der Waals surface area contributed by atoms with Crippen molar-refractivity contribution in [3.05, 3.63) is 46.7 Å². The number of hydrogen-bond acceptors (Lipinski definition) is 4. The molecular weight excluding hydrogens is 397 g/mol. The summed E-state index contributed by atoms with van der Waals surface area (Å²) in [5, 5.41) is 1.12. The van der Waals surface area contributed by atoms with Crippen molar-refractivity contribution >= 4 is 11.7 Å². The molecular formula is C21H31F3N4O2. The fourth-order valence-corrected chi connectivity index (χ4v) is 2.91. The van der Waals surface area contributed by atoms with Crippen molar-refractivity contribution in [3.8, 4) is 0 Å². The van der Waals surface area contributed by atoms with Crippen molar-refractivity contribution in [1.82, 2.24) is 15.9 Å². The van der Waals surface area contributed by atoms with Gasteiger partial charge in [0.2, 0.25) is 0 Å². The third kappa shape index (κ3) is 5.82. The summed E-state index contributed by atoms with van der Waals surface area (Å²) in [6.07, 6.45) is -1.93. The topological polar surface area (TPSA) is 66.0 Å². The van der Waals surface area contributed by atoms with E-state index in [1.807, 2.05) is 13.8 Å². The monoisotopic (exact) mass is 428 g/mol. The Bertz CT molecular complexity index is 806. The van der Waals surface area contributed by atoms with Crippen molar-refractivity contribution < 1.29 is 22.8 Å². The predicted molar refractivity (Wildman–Crippen MR) is 112 cm³/mol. The van der Waals surface area contributed by atoms with E-state index in [0.717, 1.165) is 11.1 Å². The molecule has 1 aromatic rings. The van der Waals surface area contributed by atoms with Crippen molar-refractivity contribution in [2.45, 2.75) is 59.2 Å². The summed E-state index contributed by atoms with van der Waals surface area (Å²) in [5.41, 5.74) is 3.70. The molecule has 0 saturated carbocycles. The molecule has 168 valence electrons. The maximum Gasteiger partial charge on any atom is 0.417 e. The van der Waals surface area contributed by atoms with E-state index >= 15 is 0 Å². The first-order valence-electron chi connectivity index (χ1n) is 9.73. The molecule has 9 heteroatoms. The fraction of sp³-hybridized carbons (Fsp3) is 0.524. The van der Waals surface area contributed by atoms with Crippen LogP contribution in [0.15, 0.2) is 35.0 Å².